The summed E-state index contributed by atoms with van der Waals surface area (Å²) in [6.07, 6.45) is 0. The number of rotatable bonds is 1. The van der Waals surface area contributed by atoms with Crippen LogP contribution >= 0.6 is 0 Å². The minimum atomic E-state index is -2.03. The second-order valence-electron chi connectivity index (χ2n) is 12.0. The molecule has 0 saturated heterocycles. The van der Waals surface area contributed by atoms with Crippen LogP contribution in [-0.4, -0.2) is 8.07 Å². The van der Waals surface area contributed by atoms with E-state index >= 15 is 0 Å². The van der Waals surface area contributed by atoms with Crippen LogP contribution in [0.1, 0.15) is 0 Å². The SMILES string of the molecule is C[Si]1(C)c2cccc3oc4cc(-c5ccc6c7ccccc7c7ccccc7c6c5)c5oc6cccc1c6c5c4c23. The van der Waals surface area contributed by atoms with E-state index in [4.69, 9.17) is 8.83 Å². The van der Waals surface area contributed by atoms with Crippen LogP contribution in [0.5, 0.6) is 0 Å². The lowest BCUT2D eigenvalue weighted by atomic mass is 9.91. The van der Waals surface area contributed by atoms with Crippen LogP contribution < -0.4 is 10.4 Å². The highest BCUT2D eigenvalue weighted by atomic mass is 28.3. The topological polar surface area (TPSA) is 26.3 Å². The van der Waals surface area contributed by atoms with Crippen molar-refractivity contribution < 1.29 is 8.83 Å². The third-order valence-corrected chi connectivity index (χ3v) is 13.2. The van der Waals surface area contributed by atoms with Gasteiger partial charge in [-0.05, 0) is 72.5 Å². The largest absolute Gasteiger partial charge is 0.456 e. The Morgan fingerprint density at radius 1 is 0.439 bits per heavy atom. The Hall–Kier alpha value is -4.86. The summed E-state index contributed by atoms with van der Waals surface area (Å²) in [5.41, 5.74) is 6.04. The van der Waals surface area contributed by atoms with E-state index in [0.717, 1.165) is 33.5 Å². The standard InChI is InChI=1S/C38H24O2Si/c1-41(2)32-15-7-13-29-34(32)36-31(39-29)20-27(38-37(36)35-30(40-38)14-8-16-33(35)41)21-17-18-26-24-11-4-3-9-22(24)23-10-5-6-12-25(23)28(26)19-21/h3-20H,1-2H3. The quantitative estimate of drug-likeness (QED) is 0.153. The first-order valence-electron chi connectivity index (χ1n) is 14.3. The predicted molar refractivity (Wildman–Crippen MR) is 176 cm³/mol. The van der Waals surface area contributed by atoms with E-state index in [1.54, 1.807) is 0 Å². The number of fused-ring (bicyclic) bond motifs is 6. The van der Waals surface area contributed by atoms with Gasteiger partial charge in [-0.2, -0.15) is 0 Å². The maximum atomic E-state index is 6.82. The van der Waals surface area contributed by atoms with Gasteiger partial charge in [0.1, 0.15) is 30.4 Å². The fraction of sp³-hybridized carbons (Fsp3) is 0.0526. The summed E-state index contributed by atoms with van der Waals surface area (Å²) in [5.74, 6) is 0. The summed E-state index contributed by atoms with van der Waals surface area (Å²) in [7, 11) is -2.03. The van der Waals surface area contributed by atoms with Gasteiger partial charge in [0, 0.05) is 27.1 Å². The van der Waals surface area contributed by atoms with Crippen molar-refractivity contribution in [3.63, 3.8) is 0 Å². The van der Waals surface area contributed by atoms with Gasteiger partial charge >= 0.3 is 0 Å². The van der Waals surface area contributed by atoms with Gasteiger partial charge < -0.3 is 8.83 Å². The first-order valence-corrected chi connectivity index (χ1v) is 17.3. The molecule has 9 aromatic rings. The van der Waals surface area contributed by atoms with Crippen LogP contribution in [0.15, 0.2) is 118 Å². The third-order valence-electron chi connectivity index (χ3n) is 9.63. The predicted octanol–water partition coefficient (Wildman–Crippen LogP) is 9.75. The van der Waals surface area contributed by atoms with Crippen LogP contribution in [-0.2, 0) is 0 Å². The zero-order valence-electron chi connectivity index (χ0n) is 22.7. The molecule has 2 nitrogen and oxygen atoms in total. The smallest absolute Gasteiger partial charge is 0.144 e. The number of hydrogen-bond donors (Lipinski definition) is 0. The van der Waals surface area contributed by atoms with Crippen LogP contribution in [0.2, 0.25) is 13.1 Å². The number of benzene rings is 7. The molecule has 0 aliphatic carbocycles. The molecule has 0 spiro atoms. The van der Waals surface area contributed by atoms with Crippen LogP contribution in [0.25, 0.3) is 87.3 Å². The van der Waals surface area contributed by atoms with E-state index in [2.05, 4.69) is 122 Å². The molecule has 0 fully saturated rings. The van der Waals surface area contributed by atoms with Gasteiger partial charge in [-0.25, -0.2) is 0 Å². The fourth-order valence-corrected chi connectivity index (χ4v) is 10.8. The molecule has 10 rings (SSSR count). The molecule has 192 valence electrons. The molecule has 0 saturated carbocycles. The maximum absolute atomic E-state index is 6.82. The Kier molecular flexibility index (Phi) is 3.87. The first kappa shape index (κ1) is 21.9. The Morgan fingerprint density at radius 2 is 1.00 bits per heavy atom. The molecule has 1 aliphatic rings. The van der Waals surface area contributed by atoms with E-state index in [9.17, 15) is 0 Å². The van der Waals surface area contributed by atoms with Gasteiger partial charge in [-0.15, -0.1) is 0 Å². The number of hydrogen-bond acceptors (Lipinski definition) is 2. The fourth-order valence-electron chi connectivity index (χ4n) is 7.77. The molecular formula is C38H24O2Si. The van der Waals surface area contributed by atoms with Crippen LogP contribution in [0.4, 0.5) is 0 Å². The lowest BCUT2D eigenvalue weighted by Gasteiger charge is -2.24. The summed E-state index contributed by atoms with van der Waals surface area (Å²) >= 11 is 0. The van der Waals surface area contributed by atoms with Crippen LogP contribution in [0, 0.1) is 0 Å². The van der Waals surface area contributed by atoms with Gasteiger partial charge in [-0.1, -0.05) is 98.0 Å². The normalized spacial score (nSPS) is 14.3. The molecule has 1 aliphatic heterocycles. The van der Waals surface area contributed by atoms with E-state index in [-0.39, 0.29) is 0 Å². The molecule has 0 unspecified atom stereocenters. The van der Waals surface area contributed by atoms with Gasteiger partial charge in [0.2, 0.25) is 0 Å². The average molecular weight is 541 g/mol. The second kappa shape index (κ2) is 7.25. The van der Waals surface area contributed by atoms with Crippen molar-refractivity contribution in [3.05, 3.63) is 109 Å². The highest BCUT2D eigenvalue weighted by molar-refractivity contribution is 7.03. The van der Waals surface area contributed by atoms with Crippen molar-refractivity contribution in [2.75, 3.05) is 0 Å². The van der Waals surface area contributed by atoms with Crippen molar-refractivity contribution in [2.45, 2.75) is 13.1 Å². The Labute approximate surface area is 236 Å². The minimum absolute atomic E-state index is 0.933. The molecule has 7 aromatic carbocycles. The molecule has 0 N–H and O–H groups in total. The maximum Gasteiger partial charge on any atom is 0.144 e. The van der Waals surface area contributed by atoms with E-state index < -0.39 is 8.07 Å². The van der Waals surface area contributed by atoms with Crippen molar-refractivity contribution in [1.82, 2.24) is 0 Å². The van der Waals surface area contributed by atoms with E-state index in [1.807, 2.05) is 0 Å². The summed E-state index contributed by atoms with van der Waals surface area (Å²) < 4.78 is 13.5. The van der Waals surface area contributed by atoms with Gasteiger partial charge in [0.05, 0.1) is 0 Å². The lowest BCUT2D eigenvalue weighted by Crippen LogP contribution is -2.52. The zero-order valence-corrected chi connectivity index (χ0v) is 23.7. The summed E-state index contributed by atoms with van der Waals surface area (Å²) in [5, 5.41) is 15.5. The molecule has 0 atom stereocenters. The van der Waals surface area contributed by atoms with Crippen LogP contribution in [0.3, 0.4) is 0 Å². The van der Waals surface area contributed by atoms with E-state index in [1.165, 1.54) is 64.2 Å². The second-order valence-corrected chi connectivity index (χ2v) is 16.4. The number of furan rings is 2. The molecule has 3 heterocycles. The first-order chi connectivity index (χ1) is 20.1. The molecule has 0 amide bonds. The summed E-state index contributed by atoms with van der Waals surface area (Å²) in [4.78, 5) is 0. The zero-order chi connectivity index (χ0) is 27.0. The Balaban J connectivity index is 1.40. The van der Waals surface area contributed by atoms with E-state index in [0.29, 0.717) is 0 Å². The van der Waals surface area contributed by atoms with Gasteiger partial charge in [0.25, 0.3) is 0 Å². The van der Waals surface area contributed by atoms with Gasteiger partial charge in [0.15, 0.2) is 0 Å². The third kappa shape index (κ3) is 2.59. The highest BCUT2D eigenvalue weighted by Crippen LogP contribution is 2.46. The average Bonchev–Trinajstić information content (AvgIpc) is 3.56. The molecule has 0 bridgehead atoms. The molecule has 0 radical (unpaired) electrons. The van der Waals surface area contributed by atoms with Crippen molar-refractivity contribution >= 4 is 94.6 Å². The Morgan fingerprint density at radius 3 is 1.66 bits per heavy atom. The molecular weight excluding hydrogens is 517 g/mol. The molecule has 3 heteroatoms. The van der Waals surface area contributed by atoms with Gasteiger partial charge in [-0.3, -0.25) is 0 Å². The monoisotopic (exact) mass is 540 g/mol. The van der Waals surface area contributed by atoms with Crippen molar-refractivity contribution in [2.24, 2.45) is 0 Å². The minimum Gasteiger partial charge on any atom is -0.456 e. The molecule has 2 aromatic heterocycles. The Bertz CT molecular complexity index is 2580. The molecule has 41 heavy (non-hydrogen) atoms. The summed E-state index contributed by atoms with van der Waals surface area (Å²) in [6.45, 7) is 4.92. The van der Waals surface area contributed by atoms with Crippen molar-refractivity contribution in [3.8, 4) is 11.1 Å². The highest BCUT2D eigenvalue weighted by Gasteiger charge is 2.36. The van der Waals surface area contributed by atoms with Crippen molar-refractivity contribution in [1.29, 1.82) is 0 Å². The lowest BCUT2D eigenvalue weighted by molar-refractivity contribution is 0.664. The summed E-state index contributed by atoms with van der Waals surface area (Å²) in [6, 6.07) is 39.8.